The number of nitrogens with zero attached hydrogens (tertiary/aromatic N) is 1. The van der Waals surface area contributed by atoms with Crippen molar-refractivity contribution in [1.29, 1.82) is 0 Å². The van der Waals surface area contributed by atoms with E-state index in [1.807, 2.05) is 29.2 Å². The maximum Gasteiger partial charge on any atom is 0.253 e. The maximum absolute atomic E-state index is 12.2. The number of carbonyl (C=O) groups excluding carboxylic acids is 1. The van der Waals surface area contributed by atoms with Gasteiger partial charge in [0.25, 0.3) is 5.91 Å². The molecule has 16 heavy (non-hydrogen) atoms. The molecule has 0 aliphatic carbocycles. The lowest BCUT2D eigenvalue weighted by molar-refractivity contribution is 0.0786. The lowest BCUT2D eigenvalue weighted by Crippen LogP contribution is -2.28. The van der Waals surface area contributed by atoms with Crippen molar-refractivity contribution >= 4 is 18.5 Å². The quantitative estimate of drug-likeness (QED) is 0.782. The average molecular weight is 235 g/mol. The fourth-order valence-electron chi connectivity index (χ4n) is 2.17. The number of hydrogen-bond acceptors (Lipinski definition) is 2. The molecule has 0 radical (unpaired) electrons. The van der Waals surface area contributed by atoms with Crippen LogP contribution in [0.15, 0.2) is 29.2 Å². The SMILES string of the molecule is CCC1CCN(C(=O)c2cccc(S)c2)C1. The van der Waals surface area contributed by atoms with E-state index in [4.69, 9.17) is 0 Å². The first-order valence-corrected chi connectivity index (χ1v) is 6.23. The summed E-state index contributed by atoms with van der Waals surface area (Å²) in [7, 11) is 0. The zero-order valence-electron chi connectivity index (χ0n) is 9.52. The molecule has 0 spiro atoms. The first-order chi connectivity index (χ1) is 7.70. The van der Waals surface area contributed by atoms with E-state index >= 15 is 0 Å². The van der Waals surface area contributed by atoms with E-state index < -0.39 is 0 Å². The molecule has 0 aromatic heterocycles. The number of thiol groups is 1. The van der Waals surface area contributed by atoms with Crippen molar-refractivity contribution in [2.75, 3.05) is 13.1 Å². The number of likely N-dealkylation sites (tertiary alicyclic amines) is 1. The molecular formula is C13H17NOS. The summed E-state index contributed by atoms with van der Waals surface area (Å²) in [6.07, 6.45) is 2.30. The Morgan fingerprint density at radius 3 is 3.00 bits per heavy atom. The summed E-state index contributed by atoms with van der Waals surface area (Å²) in [5, 5.41) is 0. The highest BCUT2D eigenvalue weighted by molar-refractivity contribution is 7.80. The van der Waals surface area contributed by atoms with Crippen LogP contribution in [0.25, 0.3) is 0 Å². The van der Waals surface area contributed by atoms with E-state index in [1.165, 1.54) is 0 Å². The summed E-state index contributed by atoms with van der Waals surface area (Å²) in [5.41, 5.74) is 0.754. The monoisotopic (exact) mass is 235 g/mol. The molecule has 1 aliphatic heterocycles. The van der Waals surface area contributed by atoms with Crippen molar-refractivity contribution in [2.45, 2.75) is 24.7 Å². The van der Waals surface area contributed by atoms with E-state index in [0.717, 1.165) is 36.4 Å². The molecule has 0 N–H and O–H groups in total. The molecule has 2 nitrogen and oxygen atoms in total. The Bertz CT molecular complexity index is 391. The van der Waals surface area contributed by atoms with Gasteiger partial charge in [0.2, 0.25) is 0 Å². The average Bonchev–Trinajstić information content (AvgIpc) is 2.76. The number of amides is 1. The Labute approximate surface area is 102 Å². The Morgan fingerprint density at radius 1 is 1.56 bits per heavy atom. The van der Waals surface area contributed by atoms with E-state index in [9.17, 15) is 4.79 Å². The standard InChI is InChI=1S/C13H17NOS/c1-2-10-6-7-14(9-10)13(15)11-4-3-5-12(16)8-11/h3-5,8,10,16H,2,6-7,9H2,1H3. The van der Waals surface area contributed by atoms with Gasteiger partial charge in [0.1, 0.15) is 0 Å². The Kier molecular flexibility index (Phi) is 3.54. The number of hydrogen-bond donors (Lipinski definition) is 1. The zero-order chi connectivity index (χ0) is 11.5. The molecule has 1 aromatic rings. The van der Waals surface area contributed by atoms with Crippen LogP contribution in [-0.4, -0.2) is 23.9 Å². The Balaban J connectivity index is 2.08. The third-order valence-electron chi connectivity index (χ3n) is 3.24. The smallest absolute Gasteiger partial charge is 0.253 e. The van der Waals surface area contributed by atoms with E-state index in [2.05, 4.69) is 19.6 Å². The molecular weight excluding hydrogens is 218 g/mol. The van der Waals surface area contributed by atoms with Crippen LogP contribution in [0.5, 0.6) is 0 Å². The predicted molar refractivity (Wildman–Crippen MR) is 68.0 cm³/mol. The molecule has 1 aliphatic rings. The van der Waals surface area contributed by atoms with Gasteiger partial charge in [-0.3, -0.25) is 4.79 Å². The molecule has 2 rings (SSSR count). The largest absolute Gasteiger partial charge is 0.338 e. The van der Waals surface area contributed by atoms with Crippen LogP contribution in [0.1, 0.15) is 30.1 Å². The molecule has 1 fully saturated rings. The minimum absolute atomic E-state index is 0.145. The van der Waals surface area contributed by atoms with Gasteiger partial charge in [-0.25, -0.2) is 0 Å². The molecule has 1 atom stereocenters. The van der Waals surface area contributed by atoms with Crippen molar-refractivity contribution in [3.05, 3.63) is 29.8 Å². The normalized spacial score (nSPS) is 20.1. The molecule has 1 aromatic carbocycles. The molecule has 1 amide bonds. The van der Waals surface area contributed by atoms with Gasteiger partial charge in [-0.2, -0.15) is 0 Å². The molecule has 1 heterocycles. The van der Waals surface area contributed by atoms with Crippen LogP contribution in [0.4, 0.5) is 0 Å². The Hall–Kier alpha value is -0.960. The van der Waals surface area contributed by atoms with E-state index in [-0.39, 0.29) is 5.91 Å². The highest BCUT2D eigenvalue weighted by Crippen LogP contribution is 2.21. The molecule has 1 saturated heterocycles. The second-order valence-electron chi connectivity index (χ2n) is 4.36. The van der Waals surface area contributed by atoms with Crippen LogP contribution >= 0.6 is 12.6 Å². The van der Waals surface area contributed by atoms with Gasteiger partial charge in [0.05, 0.1) is 0 Å². The summed E-state index contributed by atoms with van der Waals surface area (Å²) in [6.45, 7) is 3.99. The van der Waals surface area contributed by atoms with Crippen molar-refractivity contribution < 1.29 is 4.79 Å². The van der Waals surface area contributed by atoms with E-state index in [0.29, 0.717) is 5.92 Å². The fourth-order valence-corrected chi connectivity index (χ4v) is 2.40. The molecule has 86 valence electrons. The van der Waals surface area contributed by atoms with Crippen molar-refractivity contribution in [3.8, 4) is 0 Å². The van der Waals surface area contributed by atoms with Crippen LogP contribution < -0.4 is 0 Å². The Morgan fingerprint density at radius 2 is 2.38 bits per heavy atom. The van der Waals surface area contributed by atoms with Gasteiger partial charge in [0.15, 0.2) is 0 Å². The summed E-state index contributed by atoms with van der Waals surface area (Å²) in [4.78, 5) is 15.0. The summed E-state index contributed by atoms with van der Waals surface area (Å²) < 4.78 is 0. The summed E-state index contributed by atoms with van der Waals surface area (Å²) >= 11 is 4.26. The highest BCUT2D eigenvalue weighted by atomic mass is 32.1. The molecule has 3 heteroatoms. The molecule has 1 unspecified atom stereocenters. The van der Waals surface area contributed by atoms with Crippen LogP contribution in [0.2, 0.25) is 0 Å². The summed E-state index contributed by atoms with van der Waals surface area (Å²) in [5.74, 6) is 0.829. The van der Waals surface area contributed by atoms with Crippen molar-refractivity contribution in [2.24, 2.45) is 5.92 Å². The van der Waals surface area contributed by atoms with Gasteiger partial charge in [-0.15, -0.1) is 12.6 Å². The summed E-state index contributed by atoms with van der Waals surface area (Å²) in [6, 6.07) is 7.47. The number of carbonyl (C=O) groups is 1. The highest BCUT2D eigenvalue weighted by Gasteiger charge is 2.25. The van der Waals surface area contributed by atoms with Gasteiger partial charge in [-0.05, 0) is 30.5 Å². The lowest BCUT2D eigenvalue weighted by Gasteiger charge is -2.16. The van der Waals surface area contributed by atoms with Gasteiger partial charge in [0, 0.05) is 23.5 Å². The minimum atomic E-state index is 0.145. The first-order valence-electron chi connectivity index (χ1n) is 5.79. The van der Waals surface area contributed by atoms with Crippen LogP contribution in [-0.2, 0) is 0 Å². The fraction of sp³-hybridized carbons (Fsp3) is 0.462. The minimum Gasteiger partial charge on any atom is -0.338 e. The maximum atomic E-state index is 12.2. The van der Waals surface area contributed by atoms with Gasteiger partial charge in [-0.1, -0.05) is 19.4 Å². The van der Waals surface area contributed by atoms with E-state index in [1.54, 1.807) is 0 Å². The molecule has 0 bridgehead atoms. The topological polar surface area (TPSA) is 20.3 Å². The second kappa shape index (κ2) is 4.91. The zero-order valence-corrected chi connectivity index (χ0v) is 10.4. The van der Waals surface area contributed by atoms with Crippen molar-refractivity contribution in [1.82, 2.24) is 4.90 Å². The number of rotatable bonds is 2. The van der Waals surface area contributed by atoms with Gasteiger partial charge < -0.3 is 4.90 Å². The first kappa shape index (κ1) is 11.5. The van der Waals surface area contributed by atoms with Crippen molar-refractivity contribution in [3.63, 3.8) is 0 Å². The second-order valence-corrected chi connectivity index (χ2v) is 4.88. The lowest BCUT2D eigenvalue weighted by atomic mass is 10.1. The van der Waals surface area contributed by atoms with Crippen LogP contribution in [0, 0.1) is 5.92 Å². The number of benzene rings is 1. The molecule has 0 saturated carbocycles. The third-order valence-corrected chi connectivity index (χ3v) is 3.52. The van der Waals surface area contributed by atoms with Gasteiger partial charge >= 0.3 is 0 Å². The van der Waals surface area contributed by atoms with Crippen LogP contribution in [0.3, 0.4) is 0 Å². The predicted octanol–water partition coefficient (Wildman–Crippen LogP) is 2.85. The third kappa shape index (κ3) is 2.40.